The minimum absolute atomic E-state index is 0.257. The summed E-state index contributed by atoms with van der Waals surface area (Å²) in [4.78, 5) is 8.71. The fourth-order valence-electron chi connectivity index (χ4n) is 2.33. The van der Waals surface area contributed by atoms with Crippen molar-refractivity contribution in [2.45, 2.75) is 13.5 Å². The summed E-state index contributed by atoms with van der Waals surface area (Å²) in [6, 6.07) is 17.4. The van der Waals surface area contributed by atoms with Crippen molar-refractivity contribution in [2.24, 2.45) is 0 Å². The van der Waals surface area contributed by atoms with E-state index < -0.39 is 0 Å². The molecule has 0 aliphatic carbocycles. The maximum Gasteiger partial charge on any atom is 0.136 e. The molecular weight excluding hydrogens is 317 g/mol. The molecule has 2 aromatic carbocycles. The number of halogens is 1. The Morgan fingerprint density at radius 1 is 1.04 bits per heavy atom. The van der Waals surface area contributed by atoms with Gasteiger partial charge in [-0.1, -0.05) is 18.2 Å². The summed E-state index contributed by atoms with van der Waals surface area (Å²) in [6.45, 7) is 2.33. The van der Waals surface area contributed by atoms with Crippen LogP contribution in [0.1, 0.15) is 17.0 Å². The standard InChI is InChI=1S/C19H16FN5/c1-13-23-18(22-12-14-5-7-16(20)8-6-14)10-19(24-13)25-17-4-2-3-15(9-17)11-21/h2-10H,12H2,1H3,(H2,22,23,24,25). The van der Waals surface area contributed by atoms with Gasteiger partial charge in [0.25, 0.3) is 0 Å². The zero-order chi connectivity index (χ0) is 17.6. The molecule has 0 radical (unpaired) electrons. The Hall–Kier alpha value is -3.46. The number of hydrogen-bond acceptors (Lipinski definition) is 5. The summed E-state index contributed by atoms with van der Waals surface area (Å²) in [6.07, 6.45) is 0. The first-order chi connectivity index (χ1) is 12.1. The molecular formula is C19H16FN5. The van der Waals surface area contributed by atoms with Crippen LogP contribution in [0.25, 0.3) is 0 Å². The quantitative estimate of drug-likeness (QED) is 0.734. The highest BCUT2D eigenvalue weighted by Gasteiger charge is 2.04. The lowest BCUT2D eigenvalue weighted by Gasteiger charge is -2.10. The van der Waals surface area contributed by atoms with E-state index in [1.165, 1.54) is 12.1 Å². The first kappa shape index (κ1) is 16.4. The van der Waals surface area contributed by atoms with Crippen LogP contribution in [-0.2, 0) is 6.54 Å². The monoisotopic (exact) mass is 333 g/mol. The molecule has 0 spiro atoms. The number of rotatable bonds is 5. The van der Waals surface area contributed by atoms with Crippen LogP contribution in [0.2, 0.25) is 0 Å². The average molecular weight is 333 g/mol. The van der Waals surface area contributed by atoms with Crippen molar-refractivity contribution in [1.29, 1.82) is 5.26 Å². The molecule has 0 aliphatic rings. The van der Waals surface area contributed by atoms with Crippen molar-refractivity contribution in [3.63, 3.8) is 0 Å². The van der Waals surface area contributed by atoms with Crippen molar-refractivity contribution in [2.75, 3.05) is 10.6 Å². The number of anilines is 3. The minimum atomic E-state index is -0.257. The molecule has 6 heteroatoms. The lowest BCUT2D eigenvalue weighted by atomic mass is 10.2. The molecule has 0 fully saturated rings. The van der Waals surface area contributed by atoms with E-state index in [0.29, 0.717) is 29.6 Å². The number of nitriles is 1. The van der Waals surface area contributed by atoms with Gasteiger partial charge in [0.05, 0.1) is 11.6 Å². The zero-order valence-corrected chi connectivity index (χ0v) is 13.6. The first-order valence-corrected chi connectivity index (χ1v) is 7.73. The first-order valence-electron chi connectivity index (χ1n) is 7.73. The van der Waals surface area contributed by atoms with Crippen molar-refractivity contribution in [1.82, 2.24) is 9.97 Å². The number of nitrogens with zero attached hydrogens (tertiary/aromatic N) is 3. The zero-order valence-electron chi connectivity index (χ0n) is 13.6. The highest BCUT2D eigenvalue weighted by molar-refractivity contribution is 5.61. The molecule has 1 heterocycles. The van der Waals surface area contributed by atoms with E-state index in [4.69, 9.17) is 5.26 Å². The molecule has 25 heavy (non-hydrogen) atoms. The van der Waals surface area contributed by atoms with E-state index in [-0.39, 0.29) is 5.82 Å². The van der Waals surface area contributed by atoms with Gasteiger partial charge in [0.2, 0.25) is 0 Å². The molecule has 0 unspecified atom stereocenters. The molecule has 2 N–H and O–H groups in total. The lowest BCUT2D eigenvalue weighted by Crippen LogP contribution is -2.05. The number of hydrogen-bond donors (Lipinski definition) is 2. The van der Waals surface area contributed by atoms with Crippen LogP contribution in [0.5, 0.6) is 0 Å². The summed E-state index contributed by atoms with van der Waals surface area (Å²) >= 11 is 0. The van der Waals surface area contributed by atoms with E-state index in [0.717, 1.165) is 11.3 Å². The molecule has 3 rings (SSSR count). The third-order valence-corrected chi connectivity index (χ3v) is 3.49. The second kappa shape index (κ2) is 7.41. The Morgan fingerprint density at radius 3 is 2.56 bits per heavy atom. The molecule has 3 aromatic rings. The topological polar surface area (TPSA) is 73.6 Å². The van der Waals surface area contributed by atoms with Crippen LogP contribution in [0, 0.1) is 24.1 Å². The molecule has 124 valence electrons. The molecule has 0 saturated carbocycles. The molecule has 0 aliphatic heterocycles. The van der Waals surface area contributed by atoms with Crippen LogP contribution < -0.4 is 10.6 Å². The summed E-state index contributed by atoms with van der Waals surface area (Å²) in [7, 11) is 0. The Bertz CT molecular complexity index is 916. The van der Waals surface area contributed by atoms with Gasteiger partial charge < -0.3 is 10.6 Å². The Morgan fingerprint density at radius 2 is 1.80 bits per heavy atom. The third kappa shape index (κ3) is 4.52. The van der Waals surface area contributed by atoms with Gasteiger partial charge >= 0.3 is 0 Å². The summed E-state index contributed by atoms with van der Waals surface area (Å²) in [5.41, 5.74) is 2.31. The van der Waals surface area contributed by atoms with E-state index in [2.05, 4.69) is 26.7 Å². The van der Waals surface area contributed by atoms with Gasteiger partial charge in [-0.2, -0.15) is 5.26 Å². The van der Waals surface area contributed by atoms with Gasteiger partial charge in [0.15, 0.2) is 0 Å². The summed E-state index contributed by atoms with van der Waals surface area (Å²) in [5, 5.41) is 15.4. The second-order valence-corrected chi connectivity index (χ2v) is 5.48. The maximum atomic E-state index is 12.9. The molecule has 1 aromatic heterocycles. The number of nitrogens with one attached hydrogen (secondary N) is 2. The smallest absolute Gasteiger partial charge is 0.136 e. The normalized spacial score (nSPS) is 10.1. The van der Waals surface area contributed by atoms with E-state index in [1.54, 1.807) is 37.3 Å². The van der Waals surface area contributed by atoms with E-state index >= 15 is 0 Å². The predicted molar refractivity (Wildman–Crippen MR) is 94.9 cm³/mol. The molecule has 0 bridgehead atoms. The van der Waals surface area contributed by atoms with Crippen LogP contribution in [0.15, 0.2) is 54.6 Å². The Kier molecular flexibility index (Phi) is 4.86. The van der Waals surface area contributed by atoms with Gasteiger partial charge in [0, 0.05) is 18.3 Å². The highest BCUT2D eigenvalue weighted by atomic mass is 19.1. The van der Waals surface area contributed by atoms with Gasteiger partial charge in [-0.25, -0.2) is 14.4 Å². The van der Waals surface area contributed by atoms with Crippen LogP contribution in [0.4, 0.5) is 21.7 Å². The third-order valence-electron chi connectivity index (χ3n) is 3.49. The fraction of sp³-hybridized carbons (Fsp3) is 0.105. The fourth-order valence-corrected chi connectivity index (χ4v) is 2.33. The molecule has 5 nitrogen and oxygen atoms in total. The van der Waals surface area contributed by atoms with Crippen LogP contribution >= 0.6 is 0 Å². The number of benzene rings is 2. The largest absolute Gasteiger partial charge is 0.366 e. The average Bonchev–Trinajstić information content (AvgIpc) is 2.61. The predicted octanol–water partition coefficient (Wildman–Crippen LogP) is 4.15. The van der Waals surface area contributed by atoms with Crippen molar-refractivity contribution in [3.8, 4) is 6.07 Å². The van der Waals surface area contributed by atoms with Gasteiger partial charge in [-0.15, -0.1) is 0 Å². The lowest BCUT2D eigenvalue weighted by molar-refractivity contribution is 0.627. The molecule has 0 atom stereocenters. The molecule has 0 saturated heterocycles. The number of aryl methyl sites for hydroxylation is 1. The van der Waals surface area contributed by atoms with Crippen molar-refractivity contribution < 1.29 is 4.39 Å². The van der Waals surface area contributed by atoms with E-state index in [1.807, 2.05) is 12.1 Å². The van der Waals surface area contributed by atoms with Gasteiger partial charge in [-0.05, 0) is 42.8 Å². The Balaban J connectivity index is 1.73. The number of aromatic nitrogens is 2. The van der Waals surface area contributed by atoms with Crippen LogP contribution in [-0.4, -0.2) is 9.97 Å². The van der Waals surface area contributed by atoms with Crippen molar-refractivity contribution >= 4 is 17.3 Å². The summed E-state index contributed by atoms with van der Waals surface area (Å²) in [5.74, 6) is 1.65. The SMILES string of the molecule is Cc1nc(NCc2ccc(F)cc2)cc(Nc2cccc(C#N)c2)n1. The highest BCUT2D eigenvalue weighted by Crippen LogP contribution is 2.19. The minimum Gasteiger partial charge on any atom is -0.366 e. The van der Waals surface area contributed by atoms with Gasteiger partial charge in [-0.3, -0.25) is 0 Å². The van der Waals surface area contributed by atoms with Crippen LogP contribution in [0.3, 0.4) is 0 Å². The molecule has 0 amide bonds. The van der Waals surface area contributed by atoms with Crippen molar-refractivity contribution in [3.05, 3.63) is 77.4 Å². The summed E-state index contributed by atoms with van der Waals surface area (Å²) < 4.78 is 12.9. The Labute approximate surface area is 145 Å². The van der Waals surface area contributed by atoms with E-state index in [9.17, 15) is 4.39 Å². The van der Waals surface area contributed by atoms with Gasteiger partial charge in [0.1, 0.15) is 23.3 Å². The second-order valence-electron chi connectivity index (χ2n) is 5.48. The maximum absolute atomic E-state index is 12.9.